The number of ether oxygens (including phenoxy) is 1. The van der Waals surface area contributed by atoms with Crippen molar-refractivity contribution >= 4 is 28.3 Å². The van der Waals surface area contributed by atoms with E-state index in [-0.39, 0.29) is 18.6 Å². The number of rotatable bonds is 5. The molecule has 0 spiro atoms. The molecule has 0 aromatic heterocycles. The van der Waals surface area contributed by atoms with E-state index >= 15 is 0 Å². The van der Waals surface area contributed by atoms with E-state index in [9.17, 15) is 4.79 Å². The Morgan fingerprint density at radius 1 is 1.04 bits per heavy atom. The van der Waals surface area contributed by atoms with Crippen molar-refractivity contribution in [2.45, 2.75) is 13.0 Å². The van der Waals surface area contributed by atoms with Crippen LogP contribution in [0.15, 0.2) is 66.7 Å². The number of amides is 1. The minimum absolute atomic E-state index is 0.0219. The van der Waals surface area contributed by atoms with Gasteiger partial charge in [-0.2, -0.15) is 0 Å². The van der Waals surface area contributed by atoms with Gasteiger partial charge in [0.1, 0.15) is 5.75 Å². The first-order valence-corrected chi connectivity index (χ1v) is 8.16. The molecule has 0 saturated carbocycles. The van der Waals surface area contributed by atoms with Crippen LogP contribution in [-0.4, -0.2) is 12.5 Å². The Hall–Kier alpha value is -2.52. The van der Waals surface area contributed by atoms with Crippen molar-refractivity contribution in [1.82, 2.24) is 5.32 Å². The standard InChI is InChI=1S/C20H18ClNO2/c1-14(15-9-11-17(21)12-10-15)22-20(23)13-24-19-8-4-6-16-5-2-3-7-18(16)19/h2-12,14H,13H2,1H3,(H,22,23). The minimum Gasteiger partial charge on any atom is -0.483 e. The first-order valence-electron chi connectivity index (χ1n) is 7.79. The molecule has 3 rings (SSSR count). The maximum Gasteiger partial charge on any atom is 0.258 e. The number of carbonyl (C=O) groups is 1. The number of halogens is 1. The summed E-state index contributed by atoms with van der Waals surface area (Å²) in [5.74, 6) is 0.549. The fourth-order valence-electron chi connectivity index (χ4n) is 2.58. The van der Waals surface area contributed by atoms with Crippen LogP contribution in [0.2, 0.25) is 5.02 Å². The molecular formula is C20H18ClNO2. The van der Waals surface area contributed by atoms with Gasteiger partial charge in [-0.25, -0.2) is 0 Å². The Morgan fingerprint density at radius 3 is 2.54 bits per heavy atom. The van der Waals surface area contributed by atoms with Crippen LogP contribution >= 0.6 is 11.6 Å². The monoisotopic (exact) mass is 339 g/mol. The summed E-state index contributed by atoms with van der Waals surface area (Å²) in [5.41, 5.74) is 0.998. The molecule has 0 heterocycles. The highest BCUT2D eigenvalue weighted by Gasteiger charge is 2.11. The van der Waals surface area contributed by atoms with E-state index in [1.54, 1.807) is 0 Å². The lowest BCUT2D eigenvalue weighted by Crippen LogP contribution is -2.31. The number of hydrogen-bond acceptors (Lipinski definition) is 2. The van der Waals surface area contributed by atoms with Crippen LogP contribution in [0.1, 0.15) is 18.5 Å². The largest absolute Gasteiger partial charge is 0.483 e. The van der Waals surface area contributed by atoms with Gasteiger partial charge in [-0.3, -0.25) is 4.79 Å². The van der Waals surface area contributed by atoms with E-state index in [2.05, 4.69) is 5.32 Å². The van der Waals surface area contributed by atoms with Crippen molar-refractivity contribution in [3.63, 3.8) is 0 Å². The zero-order valence-corrected chi connectivity index (χ0v) is 14.1. The van der Waals surface area contributed by atoms with Crippen molar-refractivity contribution in [2.75, 3.05) is 6.61 Å². The summed E-state index contributed by atoms with van der Waals surface area (Å²) in [6.45, 7) is 1.91. The molecule has 0 fully saturated rings. The van der Waals surface area contributed by atoms with E-state index < -0.39 is 0 Å². The molecule has 0 aliphatic carbocycles. The predicted molar refractivity (Wildman–Crippen MR) is 97.5 cm³/mol. The first kappa shape index (κ1) is 16.3. The molecule has 24 heavy (non-hydrogen) atoms. The van der Waals surface area contributed by atoms with Gasteiger partial charge in [0.05, 0.1) is 6.04 Å². The first-order chi connectivity index (χ1) is 11.6. The maximum absolute atomic E-state index is 12.1. The van der Waals surface area contributed by atoms with Gasteiger partial charge in [0, 0.05) is 10.4 Å². The minimum atomic E-state index is -0.162. The van der Waals surface area contributed by atoms with Crippen molar-refractivity contribution in [3.05, 3.63) is 77.3 Å². The molecule has 0 saturated heterocycles. The SMILES string of the molecule is CC(NC(=O)COc1cccc2ccccc12)c1ccc(Cl)cc1. The van der Waals surface area contributed by atoms with Gasteiger partial charge in [-0.15, -0.1) is 0 Å². The second-order valence-corrected chi connectivity index (χ2v) is 6.04. The van der Waals surface area contributed by atoms with E-state index in [1.807, 2.05) is 73.7 Å². The van der Waals surface area contributed by atoms with Crippen LogP contribution in [-0.2, 0) is 4.79 Å². The third-order valence-corrected chi connectivity index (χ3v) is 4.11. The molecule has 1 N–H and O–H groups in total. The molecule has 3 aromatic carbocycles. The molecule has 0 bridgehead atoms. The number of hydrogen-bond donors (Lipinski definition) is 1. The van der Waals surface area contributed by atoms with E-state index in [0.717, 1.165) is 16.3 Å². The summed E-state index contributed by atoms with van der Waals surface area (Å²) >= 11 is 5.88. The number of carbonyl (C=O) groups excluding carboxylic acids is 1. The van der Waals surface area contributed by atoms with Gasteiger partial charge in [-0.1, -0.05) is 60.1 Å². The Kier molecular flexibility index (Phi) is 5.02. The topological polar surface area (TPSA) is 38.3 Å². The molecule has 1 unspecified atom stereocenters. The van der Waals surface area contributed by atoms with Crippen molar-refractivity contribution in [1.29, 1.82) is 0 Å². The lowest BCUT2D eigenvalue weighted by molar-refractivity contribution is -0.123. The summed E-state index contributed by atoms with van der Waals surface area (Å²) in [4.78, 5) is 12.1. The van der Waals surface area contributed by atoms with Gasteiger partial charge in [-0.05, 0) is 36.1 Å². The molecule has 3 nitrogen and oxygen atoms in total. The molecule has 1 amide bonds. The fraction of sp³-hybridized carbons (Fsp3) is 0.150. The van der Waals surface area contributed by atoms with Gasteiger partial charge >= 0.3 is 0 Å². The molecule has 4 heteroatoms. The zero-order valence-electron chi connectivity index (χ0n) is 13.3. The lowest BCUT2D eigenvalue weighted by atomic mass is 10.1. The van der Waals surface area contributed by atoms with Crippen molar-refractivity contribution in [2.24, 2.45) is 0 Å². The second-order valence-electron chi connectivity index (χ2n) is 5.61. The molecule has 0 aliphatic heterocycles. The van der Waals surface area contributed by atoms with Crippen LogP contribution in [0.4, 0.5) is 0 Å². The number of fused-ring (bicyclic) bond motifs is 1. The fourth-order valence-corrected chi connectivity index (χ4v) is 2.71. The highest BCUT2D eigenvalue weighted by Crippen LogP contribution is 2.25. The highest BCUT2D eigenvalue weighted by atomic mass is 35.5. The Morgan fingerprint density at radius 2 is 1.75 bits per heavy atom. The maximum atomic E-state index is 12.1. The van der Waals surface area contributed by atoms with Crippen LogP contribution in [0.5, 0.6) is 5.75 Å². The third kappa shape index (κ3) is 3.87. The summed E-state index contributed by atoms with van der Waals surface area (Å²) in [5, 5.41) is 5.69. The van der Waals surface area contributed by atoms with Crippen LogP contribution in [0.3, 0.4) is 0 Å². The lowest BCUT2D eigenvalue weighted by Gasteiger charge is -2.15. The Balaban J connectivity index is 1.62. The number of nitrogens with one attached hydrogen (secondary N) is 1. The van der Waals surface area contributed by atoms with Gasteiger partial charge in [0.25, 0.3) is 5.91 Å². The zero-order chi connectivity index (χ0) is 16.9. The van der Waals surface area contributed by atoms with Crippen molar-refractivity contribution in [3.8, 4) is 5.75 Å². The van der Waals surface area contributed by atoms with Gasteiger partial charge < -0.3 is 10.1 Å². The van der Waals surface area contributed by atoms with E-state index in [1.165, 1.54) is 0 Å². The average Bonchev–Trinajstić information content (AvgIpc) is 2.60. The highest BCUT2D eigenvalue weighted by molar-refractivity contribution is 6.30. The van der Waals surface area contributed by atoms with Gasteiger partial charge in [0.2, 0.25) is 0 Å². The van der Waals surface area contributed by atoms with Crippen LogP contribution in [0, 0.1) is 0 Å². The normalized spacial score (nSPS) is 11.9. The molecule has 1 atom stereocenters. The van der Waals surface area contributed by atoms with E-state index in [0.29, 0.717) is 10.8 Å². The number of benzene rings is 3. The smallest absolute Gasteiger partial charge is 0.258 e. The summed E-state index contributed by atoms with van der Waals surface area (Å²) < 4.78 is 5.70. The summed E-state index contributed by atoms with van der Waals surface area (Å²) in [6, 6.07) is 21.1. The van der Waals surface area contributed by atoms with Crippen molar-refractivity contribution < 1.29 is 9.53 Å². The predicted octanol–water partition coefficient (Wildman–Crippen LogP) is 4.75. The van der Waals surface area contributed by atoms with Gasteiger partial charge in [0.15, 0.2) is 6.61 Å². The summed E-state index contributed by atoms with van der Waals surface area (Å²) in [6.07, 6.45) is 0. The van der Waals surface area contributed by atoms with E-state index in [4.69, 9.17) is 16.3 Å². The molecular weight excluding hydrogens is 322 g/mol. The Bertz CT molecular complexity index is 840. The summed E-state index contributed by atoms with van der Waals surface area (Å²) in [7, 11) is 0. The molecule has 0 aliphatic rings. The van der Waals surface area contributed by atoms with Crippen LogP contribution < -0.4 is 10.1 Å². The third-order valence-electron chi connectivity index (χ3n) is 3.86. The molecule has 0 radical (unpaired) electrons. The molecule has 3 aromatic rings. The van der Waals surface area contributed by atoms with Crippen LogP contribution in [0.25, 0.3) is 10.8 Å². The molecule has 122 valence electrons. The second kappa shape index (κ2) is 7.37. The Labute approximate surface area is 146 Å². The average molecular weight is 340 g/mol. The quantitative estimate of drug-likeness (QED) is 0.728.